The maximum atomic E-state index is 15.3. The molecule has 31 heavy (non-hydrogen) atoms. The lowest BCUT2D eigenvalue weighted by Crippen LogP contribution is -2.61. The lowest BCUT2D eigenvalue weighted by molar-refractivity contribution is 0.107. The zero-order valence-electron chi connectivity index (χ0n) is 19.9. The number of aromatic hydroxyl groups is 1. The molecule has 4 atom stereocenters. The van der Waals surface area contributed by atoms with Crippen LogP contribution in [0.15, 0.2) is 24.4 Å². The third kappa shape index (κ3) is 3.69. The summed E-state index contributed by atoms with van der Waals surface area (Å²) < 4.78 is 39.4. The number of nitrogens with one attached hydrogen (secondary N) is 1. The molecule has 2 aliphatic rings. The fourth-order valence-corrected chi connectivity index (χ4v) is 4.36. The maximum Gasteiger partial charge on any atom is 0.205 e. The summed E-state index contributed by atoms with van der Waals surface area (Å²) in [5.74, 6) is 0.294. The summed E-state index contributed by atoms with van der Waals surface area (Å²) >= 11 is 0. The fraction of sp³-hybridized carbons (Fsp3) is 0.500. The van der Waals surface area contributed by atoms with Crippen molar-refractivity contribution < 1.29 is 13.6 Å². The summed E-state index contributed by atoms with van der Waals surface area (Å²) in [4.78, 5) is 6.56. The second kappa shape index (κ2) is 7.80. The van der Waals surface area contributed by atoms with Crippen molar-refractivity contribution in [3.63, 3.8) is 0 Å². The van der Waals surface area contributed by atoms with Gasteiger partial charge in [-0.2, -0.15) is 4.80 Å². The quantitative estimate of drug-likeness (QED) is 0.637. The number of tetrazole rings is 1. The van der Waals surface area contributed by atoms with Gasteiger partial charge in [0.1, 0.15) is 11.9 Å². The van der Waals surface area contributed by atoms with Crippen LogP contribution in [0.3, 0.4) is 0 Å². The zero-order valence-corrected chi connectivity index (χ0v) is 16.9. The molecule has 5 rings (SSSR count). The zero-order chi connectivity index (χ0) is 24.0. The average molecular weight is 428 g/mol. The Morgan fingerprint density at radius 2 is 2.16 bits per heavy atom. The third-order valence-electron chi connectivity index (χ3n) is 5.93. The highest BCUT2D eigenvalue weighted by molar-refractivity contribution is 5.69. The van der Waals surface area contributed by atoms with Gasteiger partial charge in [-0.05, 0) is 36.6 Å². The van der Waals surface area contributed by atoms with Gasteiger partial charge in [0.15, 0.2) is 11.6 Å². The molecular weight excluding hydrogens is 401 g/mol. The van der Waals surface area contributed by atoms with Crippen LogP contribution in [0.2, 0.25) is 0 Å². The molecule has 2 fully saturated rings. The van der Waals surface area contributed by atoms with E-state index in [0.29, 0.717) is 29.8 Å². The fourth-order valence-electron chi connectivity index (χ4n) is 4.36. The molecule has 10 nitrogen and oxygen atoms in total. The van der Waals surface area contributed by atoms with Gasteiger partial charge in [0.05, 0.1) is 24.8 Å². The molecule has 4 heterocycles. The van der Waals surface area contributed by atoms with Crippen molar-refractivity contribution >= 4 is 5.82 Å². The molecule has 1 aromatic carbocycles. The Morgan fingerprint density at radius 3 is 2.87 bits per heavy atom. The summed E-state index contributed by atoms with van der Waals surface area (Å²) in [7, 11) is 1.63. The minimum atomic E-state index is -2.62. The number of nitrogens with zero attached hydrogens (tertiary/aromatic N) is 8. The van der Waals surface area contributed by atoms with Gasteiger partial charge in [-0.25, -0.2) is 9.37 Å². The van der Waals surface area contributed by atoms with Crippen LogP contribution in [0.4, 0.5) is 10.2 Å². The number of anilines is 1. The third-order valence-corrected chi connectivity index (χ3v) is 5.93. The Hall–Kier alpha value is -3.21. The molecular formula is C20H24FN9O. The van der Waals surface area contributed by atoms with Gasteiger partial charge in [-0.1, -0.05) is 12.5 Å². The predicted octanol–water partition coefficient (Wildman–Crippen LogP) is 1.49. The van der Waals surface area contributed by atoms with Gasteiger partial charge in [-0.3, -0.25) is 0 Å². The van der Waals surface area contributed by atoms with Crippen molar-refractivity contribution in [1.82, 2.24) is 40.7 Å². The number of alkyl halides is 1. The molecule has 2 aliphatic heterocycles. The van der Waals surface area contributed by atoms with E-state index in [2.05, 4.69) is 35.9 Å². The van der Waals surface area contributed by atoms with E-state index in [1.54, 1.807) is 19.2 Å². The first-order valence-electron chi connectivity index (χ1n) is 11.7. The van der Waals surface area contributed by atoms with Crippen molar-refractivity contribution in [2.24, 2.45) is 7.05 Å². The molecule has 2 bridgehead atoms. The van der Waals surface area contributed by atoms with Crippen molar-refractivity contribution in [3.05, 3.63) is 24.4 Å². The largest absolute Gasteiger partial charge is 0.507 e. The number of phenolic OH excluding ortho intramolecular Hbond substituents is 1. The Balaban J connectivity index is 1.43. The van der Waals surface area contributed by atoms with E-state index in [1.807, 2.05) is 0 Å². The number of hydrogen-bond acceptors (Lipinski definition) is 9. The van der Waals surface area contributed by atoms with Crippen LogP contribution < -0.4 is 10.2 Å². The van der Waals surface area contributed by atoms with Crippen LogP contribution in [-0.2, 0) is 7.05 Å². The van der Waals surface area contributed by atoms with Gasteiger partial charge in [0.2, 0.25) is 5.82 Å². The second-order valence-corrected chi connectivity index (χ2v) is 7.99. The number of fused-ring (bicyclic) bond motifs is 2. The van der Waals surface area contributed by atoms with Gasteiger partial charge < -0.3 is 15.3 Å². The molecule has 0 aliphatic carbocycles. The predicted molar refractivity (Wildman–Crippen MR) is 111 cm³/mol. The van der Waals surface area contributed by atoms with Gasteiger partial charge in [0, 0.05) is 28.7 Å². The minimum absolute atomic E-state index is 0.0313. The van der Waals surface area contributed by atoms with Gasteiger partial charge in [0.25, 0.3) is 0 Å². The summed E-state index contributed by atoms with van der Waals surface area (Å²) in [5.41, 5.74) is 0.852. The molecule has 0 spiro atoms. The first-order chi connectivity index (χ1) is 16.2. The van der Waals surface area contributed by atoms with Crippen molar-refractivity contribution in [2.75, 3.05) is 11.9 Å². The number of benzene rings is 1. The van der Waals surface area contributed by atoms with Crippen LogP contribution in [0.1, 0.15) is 29.8 Å². The standard InChI is InChI=1S/C20H24FN9O/c1-29(15-9-12-4-3-5-14(23-12)18(15)21)17-10-22-20(25-24-17)13-7-6-11(8-16(13)31)19-26-28-30(2)27-19/h6-8,10,12,14-15,18,23,31H,3-5,9H2,1-2H3/t12-,14-,15-,18+/m1/s1/i1D3. The summed E-state index contributed by atoms with van der Waals surface area (Å²) in [6.45, 7) is -2.62. The van der Waals surface area contributed by atoms with Gasteiger partial charge >= 0.3 is 0 Å². The Labute approximate surface area is 182 Å². The Kier molecular flexibility index (Phi) is 4.15. The highest BCUT2D eigenvalue weighted by Crippen LogP contribution is 2.33. The first kappa shape index (κ1) is 16.5. The number of phenols is 1. The van der Waals surface area contributed by atoms with Crippen LogP contribution >= 0.6 is 0 Å². The van der Waals surface area contributed by atoms with Crippen LogP contribution in [0, 0.1) is 0 Å². The second-order valence-electron chi connectivity index (χ2n) is 7.99. The maximum absolute atomic E-state index is 15.3. The SMILES string of the molecule is [2H]C([2H])([2H])N(c1cnc(-c2ccc(-c3nnn(C)n3)cc2O)nn1)[C@@H]1C[C@H]2CCC[C@@H](N2)[C@@H]1F. The Morgan fingerprint density at radius 1 is 1.26 bits per heavy atom. The van der Waals surface area contributed by atoms with E-state index >= 15 is 4.39 Å². The topological polar surface area (TPSA) is 118 Å². The number of hydrogen-bond donors (Lipinski definition) is 2. The van der Waals surface area contributed by atoms with E-state index in [-0.39, 0.29) is 29.5 Å². The van der Waals surface area contributed by atoms with Crippen molar-refractivity contribution in [3.8, 4) is 28.5 Å². The van der Waals surface area contributed by atoms with E-state index in [4.69, 9.17) is 4.11 Å². The number of piperidine rings is 2. The number of halogens is 1. The highest BCUT2D eigenvalue weighted by atomic mass is 19.1. The number of aromatic nitrogens is 7. The van der Waals surface area contributed by atoms with E-state index in [1.165, 1.54) is 17.1 Å². The summed E-state index contributed by atoms with van der Waals surface area (Å²) in [5, 5.41) is 33.7. The molecule has 0 radical (unpaired) electrons. The van der Waals surface area contributed by atoms with E-state index in [0.717, 1.165) is 17.7 Å². The molecule has 162 valence electrons. The van der Waals surface area contributed by atoms with E-state index < -0.39 is 19.2 Å². The molecule has 3 aromatic rings. The highest BCUT2D eigenvalue weighted by Gasteiger charge is 2.42. The molecule has 2 aromatic heterocycles. The molecule has 0 saturated carbocycles. The van der Waals surface area contributed by atoms with Crippen LogP contribution in [-0.4, -0.2) is 71.8 Å². The van der Waals surface area contributed by atoms with Crippen LogP contribution in [0.25, 0.3) is 22.8 Å². The molecule has 0 unspecified atom stereocenters. The molecule has 2 N–H and O–H groups in total. The summed E-state index contributed by atoms with van der Waals surface area (Å²) in [6, 6.07) is 3.56. The summed E-state index contributed by atoms with van der Waals surface area (Å²) in [6.07, 6.45) is 2.75. The smallest absolute Gasteiger partial charge is 0.205 e. The lowest BCUT2D eigenvalue weighted by atomic mass is 9.82. The molecule has 0 amide bonds. The monoisotopic (exact) mass is 428 g/mol. The lowest BCUT2D eigenvalue weighted by Gasteiger charge is -2.45. The minimum Gasteiger partial charge on any atom is -0.507 e. The Bertz CT molecular complexity index is 1170. The van der Waals surface area contributed by atoms with Crippen molar-refractivity contribution in [2.45, 2.75) is 50.0 Å². The average Bonchev–Trinajstić information content (AvgIpc) is 3.23. The van der Waals surface area contributed by atoms with Gasteiger partial charge in [-0.15, -0.1) is 20.4 Å². The van der Waals surface area contributed by atoms with Crippen molar-refractivity contribution in [1.29, 1.82) is 0 Å². The van der Waals surface area contributed by atoms with E-state index in [9.17, 15) is 5.11 Å². The molecule has 2 saturated heterocycles. The first-order valence-corrected chi connectivity index (χ1v) is 10.2. The number of aryl methyl sites for hydroxylation is 1. The molecule has 11 heteroatoms. The number of rotatable bonds is 4. The van der Waals surface area contributed by atoms with Crippen LogP contribution in [0.5, 0.6) is 5.75 Å². The normalized spacial score (nSPS) is 27.2.